The lowest BCUT2D eigenvalue weighted by atomic mass is 9.83. The van der Waals surface area contributed by atoms with Crippen LogP contribution < -0.4 is 5.32 Å². The van der Waals surface area contributed by atoms with E-state index >= 15 is 0 Å². The van der Waals surface area contributed by atoms with Crippen molar-refractivity contribution in [3.8, 4) is 0 Å². The number of aliphatic hydroxyl groups is 1. The summed E-state index contributed by atoms with van der Waals surface area (Å²) in [7, 11) is 0. The second-order valence-electron chi connectivity index (χ2n) is 8.85. The Balaban J connectivity index is 1.30. The predicted molar refractivity (Wildman–Crippen MR) is 137 cm³/mol. The van der Waals surface area contributed by atoms with Crippen molar-refractivity contribution in [2.45, 2.75) is 38.7 Å². The lowest BCUT2D eigenvalue weighted by Crippen LogP contribution is -2.61. The molecule has 4 rings (SSSR count). The molecule has 1 saturated heterocycles. The Bertz CT molecular complexity index is 1230. The van der Waals surface area contributed by atoms with Gasteiger partial charge in [0, 0.05) is 35.8 Å². The Morgan fingerprint density at radius 3 is 2.45 bits per heavy atom. The fourth-order valence-corrected chi connectivity index (χ4v) is 5.44. The number of β-lactam (4-membered cyclic amide) rings is 1. The predicted octanol–water partition coefficient (Wildman–Crippen LogP) is 3.12. The van der Waals surface area contributed by atoms with Crippen molar-refractivity contribution < 1.29 is 33.9 Å². The summed E-state index contributed by atoms with van der Waals surface area (Å²) in [6.07, 6.45) is -1.06. The number of carbonyl (C=O) groups excluding carboxylic acids is 3. The van der Waals surface area contributed by atoms with Crippen LogP contribution in [-0.2, 0) is 32.3 Å². The molecule has 0 aliphatic carbocycles. The van der Waals surface area contributed by atoms with Crippen LogP contribution in [0, 0.1) is 16.0 Å². The maximum atomic E-state index is 13.0. The number of nitro benzene ring substituents is 1. The molecular weight excluding hydrogens is 514 g/mol. The molecule has 2 aromatic carbocycles. The van der Waals surface area contributed by atoms with Crippen molar-refractivity contribution in [2.75, 3.05) is 12.3 Å². The van der Waals surface area contributed by atoms with Gasteiger partial charge < -0.3 is 24.8 Å². The number of nitro groups is 1. The number of ether oxygens (including phenoxy) is 2. The highest BCUT2D eigenvalue weighted by Crippen LogP contribution is 2.47. The number of nitrogens with one attached hydrogen (secondary N) is 1. The van der Waals surface area contributed by atoms with Crippen LogP contribution in [0.25, 0.3) is 0 Å². The van der Waals surface area contributed by atoms with Crippen molar-refractivity contribution in [3.05, 3.63) is 86.4 Å². The molecular formula is C26H27N3O8S. The molecule has 0 spiro atoms. The largest absolute Gasteiger partial charge is 0.456 e. The minimum absolute atomic E-state index is 0.0426. The fourth-order valence-electron chi connectivity index (χ4n) is 4.38. The van der Waals surface area contributed by atoms with Crippen LogP contribution >= 0.6 is 11.8 Å². The van der Waals surface area contributed by atoms with Gasteiger partial charge in [-0.2, -0.15) is 0 Å². The number of hydrogen-bond donors (Lipinski definition) is 2. The zero-order valence-electron chi connectivity index (χ0n) is 20.6. The normalized spacial score (nSPS) is 18.9. The number of aliphatic hydroxyl groups excluding tert-OH is 1. The maximum absolute atomic E-state index is 13.0. The molecule has 2 aliphatic rings. The van der Waals surface area contributed by atoms with Crippen molar-refractivity contribution in [1.29, 1.82) is 0 Å². The zero-order chi connectivity index (χ0) is 27.2. The fraction of sp³-hybridized carbons (Fsp3) is 0.346. The van der Waals surface area contributed by atoms with E-state index in [1.165, 1.54) is 40.9 Å². The van der Waals surface area contributed by atoms with E-state index in [-0.39, 0.29) is 43.1 Å². The van der Waals surface area contributed by atoms with Gasteiger partial charge in [-0.05, 0) is 30.2 Å². The molecule has 12 heteroatoms. The van der Waals surface area contributed by atoms with Crippen LogP contribution in [0.5, 0.6) is 0 Å². The highest BCUT2D eigenvalue weighted by atomic mass is 32.2. The second-order valence-corrected chi connectivity index (χ2v) is 10.0. The number of esters is 1. The van der Waals surface area contributed by atoms with Crippen LogP contribution in [0.1, 0.15) is 24.5 Å². The lowest BCUT2D eigenvalue weighted by molar-refractivity contribution is -0.384. The molecule has 0 bridgehead atoms. The Labute approximate surface area is 222 Å². The van der Waals surface area contributed by atoms with Crippen LogP contribution in [-0.4, -0.2) is 57.3 Å². The Kier molecular flexibility index (Phi) is 8.64. The number of rotatable bonds is 11. The number of nitrogens with zero attached hydrogens (tertiary/aromatic N) is 2. The zero-order valence-corrected chi connectivity index (χ0v) is 21.4. The summed E-state index contributed by atoms with van der Waals surface area (Å²) in [6, 6.07) is 14.6. The number of non-ortho nitro benzene ring substituents is 1. The minimum atomic E-state index is -0.832. The summed E-state index contributed by atoms with van der Waals surface area (Å²) in [5.41, 5.74) is 1.57. The van der Waals surface area contributed by atoms with Crippen LogP contribution in [0.3, 0.4) is 0 Å². The molecule has 200 valence electrons. The molecule has 0 saturated carbocycles. The molecule has 0 aromatic heterocycles. The first-order valence-electron chi connectivity index (χ1n) is 12.0. The molecule has 2 aromatic rings. The summed E-state index contributed by atoms with van der Waals surface area (Å²) < 4.78 is 10.6. The molecule has 2 N–H and O–H groups in total. The summed E-state index contributed by atoms with van der Waals surface area (Å²) >= 11 is 1.34. The first-order valence-corrected chi connectivity index (χ1v) is 13.0. The van der Waals surface area contributed by atoms with Crippen LogP contribution in [0.2, 0.25) is 0 Å². The van der Waals surface area contributed by atoms with E-state index in [1.54, 1.807) is 6.92 Å². The third kappa shape index (κ3) is 6.14. The van der Waals surface area contributed by atoms with Gasteiger partial charge in [-0.3, -0.25) is 14.9 Å². The van der Waals surface area contributed by atoms with E-state index in [4.69, 9.17) is 9.47 Å². The number of thioether (sulfide) groups is 1. The van der Waals surface area contributed by atoms with E-state index < -0.39 is 29.0 Å². The first kappa shape index (κ1) is 27.1. The quantitative estimate of drug-likeness (QED) is 0.144. The average Bonchev–Trinajstić information content (AvgIpc) is 3.23. The van der Waals surface area contributed by atoms with Gasteiger partial charge in [0.15, 0.2) is 0 Å². The third-order valence-corrected chi connectivity index (χ3v) is 7.38. The molecule has 0 unspecified atom stereocenters. The summed E-state index contributed by atoms with van der Waals surface area (Å²) in [4.78, 5) is 50.0. The van der Waals surface area contributed by atoms with Crippen LogP contribution in [0.4, 0.5) is 10.5 Å². The lowest BCUT2D eigenvalue weighted by Gasteiger charge is -2.44. The SMILES string of the molecule is C[C@@H](O)[C@H]1C(=O)N2C(C(=O)OCc3ccccc3)=C(SCCNC(=O)OCc3ccc([N+](=O)[O-])cc3)C[C@H]12. The van der Waals surface area contributed by atoms with Crippen molar-refractivity contribution >= 4 is 35.4 Å². The maximum Gasteiger partial charge on any atom is 0.407 e. The highest BCUT2D eigenvalue weighted by molar-refractivity contribution is 8.03. The van der Waals surface area contributed by atoms with E-state index in [0.29, 0.717) is 22.6 Å². The number of carbonyl (C=O) groups is 3. The van der Waals surface area contributed by atoms with Gasteiger partial charge in [-0.15, -0.1) is 11.8 Å². The summed E-state index contributed by atoms with van der Waals surface area (Å²) in [5.74, 6) is -1.07. The molecule has 2 amide bonds. The first-order chi connectivity index (χ1) is 18.3. The van der Waals surface area contributed by atoms with Gasteiger partial charge >= 0.3 is 12.1 Å². The molecule has 0 radical (unpaired) electrons. The van der Waals surface area contributed by atoms with E-state index in [0.717, 1.165) is 5.56 Å². The molecule has 2 heterocycles. The summed E-state index contributed by atoms with van der Waals surface area (Å²) in [5, 5.41) is 23.4. The molecule has 11 nitrogen and oxygen atoms in total. The Morgan fingerprint density at radius 2 is 1.79 bits per heavy atom. The molecule has 38 heavy (non-hydrogen) atoms. The topological polar surface area (TPSA) is 148 Å². The van der Waals surface area contributed by atoms with Crippen molar-refractivity contribution in [3.63, 3.8) is 0 Å². The highest BCUT2D eigenvalue weighted by Gasteiger charge is 2.57. The van der Waals surface area contributed by atoms with Crippen LogP contribution in [0.15, 0.2) is 65.2 Å². The Morgan fingerprint density at radius 1 is 1.13 bits per heavy atom. The molecule has 1 fully saturated rings. The number of alkyl carbamates (subject to hydrolysis) is 1. The van der Waals surface area contributed by atoms with Gasteiger partial charge in [0.2, 0.25) is 5.91 Å². The minimum Gasteiger partial charge on any atom is -0.456 e. The van der Waals surface area contributed by atoms with E-state index in [1.807, 2.05) is 30.3 Å². The third-order valence-electron chi connectivity index (χ3n) is 6.26. The van der Waals surface area contributed by atoms with Gasteiger partial charge in [-0.25, -0.2) is 9.59 Å². The van der Waals surface area contributed by atoms with Gasteiger partial charge in [0.05, 0.1) is 23.0 Å². The van der Waals surface area contributed by atoms with Crippen molar-refractivity contribution in [2.24, 2.45) is 5.92 Å². The smallest absolute Gasteiger partial charge is 0.407 e. The summed E-state index contributed by atoms with van der Waals surface area (Å²) in [6.45, 7) is 1.82. The van der Waals surface area contributed by atoms with Crippen molar-refractivity contribution in [1.82, 2.24) is 10.2 Å². The van der Waals surface area contributed by atoms with Gasteiger partial charge in [-0.1, -0.05) is 30.3 Å². The second kappa shape index (κ2) is 12.1. The molecule has 2 aliphatic heterocycles. The average molecular weight is 542 g/mol. The van der Waals surface area contributed by atoms with E-state index in [2.05, 4.69) is 5.32 Å². The number of amides is 2. The van der Waals surface area contributed by atoms with Gasteiger partial charge in [0.1, 0.15) is 18.9 Å². The van der Waals surface area contributed by atoms with Gasteiger partial charge in [0.25, 0.3) is 5.69 Å². The number of hydrogen-bond acceptors (Lipinski definition) is 9. The molecule has 3 atom stereocenters. The standard InChI is InChI=1S/C26H27N3O8S/c1-16(30)22-20-13-21(23(28(20)24(22)31)25(32)36-14-17-5-3-2-4-6-17)38-12-11-27-26(33)37-15-18-7-9-19(10-8-18)29(34)35/h2-10,16,20,22,30H,11-15H2,1H3,(H,27,33)/t16-,20-,22-/m1/s1. The Hall–Kier alpha value is -3.90. The number of fused-ring (bicyclic) bond motifs is 1. The number of benzene rings is 2. The van der Waals surface area contributed by atoms with E-state index in [9.17, 15) is 29.6 Å². The monoisotopic (exact) mass is 541 g/mol.